The van der Waals surface area contributed by atoms with E-state index in [-0.39, 0.29) is 6.10 Å². The largest absolute Gasteiger partial charge is 0.378 e. The van der Waals surface area contributed by atoms with Crippen LogP contribution in [0.2, 0.25) is 0 Å². The molecule has 3 aromatic heterocycles. The highest BCUT2D eigenvalue weighted by atomic mass is 16.5. The van der Waals surface area contributed by atoms with E-state index in [2.05, 4.69) is 34.9 Å². The molecule has 1 N–H and O–H groups in total. The molecule has 2 aliphatic rings. The molecule has 31 heavy (non-hydrogen) atoms. The lowest BCUT2D eigenvalue weighted by Gasteiger charge is -2.33. The molecule has 2 aliphatic heterocycles. The maximum Gasteiger partial charge on any atom is 0.227 e. The monoisotopic (exact) mass is 424 g/mol. The number of nitrogens with zero attached hydrogens (tertiary/aromatic N) is 7. The van der Waals surface area contributed by atoms with Crippen LogP contribution in [0.15, 0.2) is 30.6 Å². The van der Waals surface area contributed by atoms with E-state index in [4.69, 9.17) is 14.5 Å². The number of nitrogens with one attached hydrogen (secondary N) is 1. The van der Waals surface area contributed by atoms with Gasteiger partial charge in [0.1, 0.15) is 11.9 Å². The molecular weight excluding hydrogens is 396 g/mol. The fourth-order valence-electron chi connectivity index (χ4n) is 4.08. The standard InChI is InChI=1S/C21H28N8O2/c1-27(21-23-6-4-18(24-21)29-10-12-30-13-11-29)7-8-28-9-14-31-17(15-28)19-16-3-2-5-22-20(16)26-25-19/h2-6,17H,7-15H2,1H3,(H,22,25,26). The quantitative estimate of drug-likeness (QED) is 0.624. The van der Waals surface area contributed by atoms with Crippen LogP contribution in [0.5, 0.6) is 0 Å². The van der Waals surface area contributed by atoms with E-state index < -0.39 is 0 Å². The number of H-pyrrole nitrogens is 1. The number of ether oxygens (including phenoxy) is 2. The normalized spacial score (nSPS) is 20.3. The summed E-state index contributed by atoms with van der Waals surface area (Å²) in [5.41, 5.74) is 1.73. The molecule has 2 saturated heterocycles. The molecule has 0 aromatic carbocycles. The van der Waals surface area contributed by atoms with Crippen molar-refractivity contribution in [3.05, 3.63) is 36.3 Å². The van der Waals surface area contributed by atoms with Gasteiger partial charge in [0.25, 0.3) is 0 Å². The first-order valence-corrected chi connectivity index (χ1v) is 10.8. The fourth-order valence-corrected chi connectivity index (χ4v) is 4.08. The van der Waals surface area contributed by atoms with Gasteiger partial charge in [-0.3, -0.25) is 10.00 Å². The minimum atomic E-state index is -0.0332. The first kappa shape index (κ1) is 20.1. The van der Waals surface area contributed by atoms with Gasteiger partial charge >= 0.3 is 0 Å². The van der Waals surface area contributed by atoms with Crippen molar-refractivity contribution in [2.75, 3.05) is 75.9 Å². The summed E-state index contributed by atoms with van der Waals surface area (Å²) in [6, 6.07) is 5.94. The molecule has 0 amide bonds. The molecule has 0 bridgehead atoms. The van der Waals surface area contributed by atoms with Gasteiger partial charge in [-0.1, -0.05) is 0 Å². The third-order valence-electron chi connectivity index (χ3n) is 5.89. The number of pyridine rings is 1. The van der Waals surface area contributed by atoms with Crippen molar-refractivity contribution in [2.45, 2.75) is 6.10 Å². The average Bonchev–Trinajstić information content (AvgIpc) is 3.28. The zero-order valence-electron chi connectivity index (χ0n) is 17.8. The topological polar surface area (TPSA) is 95.5 Å². The average molecular weight is 425 g/mol. The van der Waals surface area contributed by atoms with E-state index >= 15 is 0 Å². The van der Waals surface area contributed by atoms with Crippen molar-refractivity contribution in [1.29, 1.82) is 0 Å². The number of rotatable bonds is 6. The Morgan fingerprint density at radius 1 is 1.13 bits per heavy atom. The van der Waals surface area contributed by atoms with Crippen molar-refractivity contribution in [3.63, 3.8) is 0 Å². The van der Waals surface area contributed by atoms with Crippen LogP contribution in [-0.2, 0) is 9.47 Å². The summed E-state index contributed by atoms with van der Waals surface area (Å²) in [5, 5.41) is 8.46. The molecule has 10 nitrogen and oxygen atoms in total. The molecular formula is C21H28N8O2. The molecule has 2 fully saturated rings. The van der Waals surface area contributed by atoms with Crippen molar-refractivity contribution in [1.82, 2.24) is 30.0 Å². The highest BCUT2D eigenvalue weighted by Crippen LogP contribution is 2.26. The number of morpholine rings is 2. The summed E-state index contributed by atoms with van der Waals surface area (Å²) in [6.45, 7) is 7.39. The number of hydrogen-bond donors (Lipinski definition) is 1. The summed E-state index contributed by atoms with van der Waals surface area (Å²) >= 11 is 0. The zero-order chi connectivity index (χ0) is 21.0. The van der Waals surface area contributed by atoms with E-state index in [1.807, 2.05) is 31.4 Å². The van der Waals surface area contributed by atoms with Gasteiger partial charge < -0.3 is 19.3 Å². The Hall–Kier alpha value is -2.82. The molecule has 164 valence electrons. The minimum absolute atomic E-state index is 0.0332. The SMILES string of the molecule is CN(CCN1CCOC(c2[nH]nc3ncccc23)C1)c1nccc(N2CCOCC2)n1. The number of anilines is 2. The van der Waals surface area contributed by atoms with Crippen LogP contribution in [0.1, 0.15) is 11.8 Å². The predicted octanol–water partition coefficient (Wildman–Crippen LogP) is 1.09. The number of aromatic amines is 1. The van der Waals surface area contributed by atoms with Gasteiger partial charge in [-0.15, -0.1) is 0 Å². The maximum atomic E-state index is 6.04. The van der Waals surface area contributed by atoms with Gasteiger partial charge in [0.15, 0.2) is 5.65 Å². The highest BCUT2D eigenvalue weighted by Gasteiger charge is 2.25. The second-order valence-corrected chi connectivity index (χ2v) is 7.91. The van der Waals surface area contributed by atoms with Gasteiger partial charge in [0.05, 0.1) is 25.5 Å². The van der Waals surface area contributed by atoms with Crippen molar-refractivity contribution < 1.29 is 9.47 Å². The summed E-state index contributed by atoms with van der Waals surface area (Å²) in [6.07, 6.45) is 3.56. The van der Waals surface area contributed by atoms with Crippen LogP contribution >= 0.6 is 0 Å². The zero-order valence-corrected chi connectivity index (χ0v) is 17.8. The molecule has 1 atom stereocenters. The number of likely N-dealkylation sites (N-methyl/N-ethyl adjacent to an activating group) is 1. The van der Waals surface area contributed by atoms with E-state index in [0.29, 0.717) is 6.61 Å². The minimum Gasteiger partial charge on any atom is -0.378 e. The molecule has 0 saturated carbocycles. The van der Waals surface area contributed by atoms with Crippen molar-refractivity contribution >= 4 is 22.8 Å². The van der Waals surface area contributed by atoms with Crippen molar-refractivity contribution in [2.24, 2.45) is 0 Å². The summed E-state index contributed by atoms with van der Waals surface area (Å²) in [4.78, 5) is 20.3. The summed E-state index contributed by atoms with van der Waals surface area (Å²) in [7, 11) is 2.05. The molecule has 5 rings (SSSR count). The second-order valence-electron chi connectivity index (χ2n) is 7.91. The fraction of sp³-hybridized carbons (Fsp3) is 0.524. The summed E-state index contributed by atoms with van der Waals surface area (Å²) < 4.78 is 11.5. The highest BCUT2D eigenvalue weighted by molar-refractivity contribution is 5.77. The van der Waals surface area contributed by atoms with Crippen LogP contribution < -0.4 is 9.80 Å². The molecule has 0 radical (unpaired) electrons. The maximum absolute atomic E-state index is 6.04. The Kier molecular flexibility index (Phi) is 5.92. The third kappa shape index (κ3) is 4.46. The molecule has 10 heteroatoms. The van der Waals surface area contributed by atoms with E-state index in [1.54, 1.807) is 6.20 Å². The van der Waals surface area contributed by atoms with Gasteiger partial charge in [-0.2, -0.15) is 10.1 Å². The Bertz CT molecular complexity index is 1010. The lowest BCUT2D eigenvalue weighted by Crippen LogP contribution is -2.42. The molecule has 5 heterocycles. The molecule has 3 aromatic rings. The smallest absolute Gasteiger partial charge is 0.227 e. The summed E-state index contributed by atoms with van der Waals surface area (Å²) in [5.74, 6) is 1.71. The van der Waals surface area contributed by atoms with Gasteiger partial charge in [-0.05, 0) is 18.2 Å². The van der Waals surface area contributed by atoms with Crippen LogP contribution in [0, 0.1) is 0 Å². The van der Waals surface area contributed by atoms with Gasteiger partial charge in [-0.25, -0.2) is 9.97 Å². The Morgan fingerprint density at radius 2 is 2.03 bits per heavy atom. The Morgan fingerprint density at radius 3 is 2.94 bits per heavy atom. The van der Waals surface area contributed by atoms with Crippen LogP contribution in [0.25, 0.3) is 11.0 Å². The van der Waals surface area contributed by atoms with Crippen LogP contribution in [-0.4, -0.2) is 96.2 Å². The number of hydrogen-bond acceptors (Lipinski definition) is 9. The second kappa shape index (κ2) is 9.13. The van der Waals surface area contributed by atoms with Gasteiger partial charge in [0, 0.05) is 64.1 Å². The van der Waals surface area contributed by atoms with Crippen LogP contribution in [0.3, 0.4) is 0 Å². The molecule has 0 aliphatic carbocycles. The first-order chi connectivity index (χ1) is 15.3. The van der Waals surface area contributed by atoms with E-state index in [1.165, 1.54) is 0 Å². The first-order valence-electron chi connectivity index (χ1n) is 10.8. The van der Waals surface area contributed by atoms with E-state index in [9.17, 15) is 0 Å². The van der Waals surface area contributed by atoms with E-state index in [0.717, 1.165) is 81.0 Å². The number of aromatic nitrogens is 5. The predicted molar refractivity (Wildman–Crippen MR) is 117 cm³/mol. The Balaban J connectivity index is 1.20. The lowest BCUT2D eigenvalue weighted by molar-refractivity contribution is -0.0303. The lowest BCUT2D eigenvalue weighted by atomic mass is 10.1. The van der Waals surface area contributed by atoms with Gasteiger partial charge in [0.2, 0.25) is 5.95 Å². The van der Waals surface area contributed by atoms with Crippen molar-refractivity contribution in [3.8, 4) is 0 Å². The molecule has 0 spiro atoms. The van der Waals surface area contributed by atoms with Crippen LogP contribution in [0.4, 0.5) is 11.8 Å². The number of fused-ring (bicyclic) bond motifs is 1. The Labute approximate surface area is 181 Å². The molecule has 1 unspecified atom stereocenters. The third-order valence-corrected chi connectivity index (χ3v) is 5.89.